The second-order valence-electron chi connectivity index (χ2n) is 8.06. The summed E-state index contributed by atoms with van der Waals surface area (Å²) in [4.78, 5) is 15.5. The van der Waals surface area contributed by atoms with Gasteiger partial charge in [-0.25, -0.2) is 0 Å². The zero-order chi connectivity index (χ0) is 21.0. The van der Waals surface area contributed by atoms with E-state index in [2.05, 4.69) is 56.0 Å². The van der Waals surface area contributed by atoms with E-state index in [0.29, 0.717) is 11.3 Å². The van der Waals surface area contributed by atoms with E-state index >= 15 is 0 Å². The molecule has 3 aromatic carbocycles. The third-order valence-electron chi connectivity index (χ3n) is 5.87. The Labute approximate surface area is 181 Å². The normalized spacial score (nSPS) is 14.6. The number of anilines is 1. The molecule has 0 unspecified atom stereocenters. The Bertz CT molecular complexity index is 1200. The molecule has 1 aromatic heterocycles. The molecular formula is C25H25N5O. The van der Waals surface area contributed by atoms with E-state index in [9.17, 15) is 4.79 Å². The van der Waals surface area contributed by atoms with Crippen molar-refractivity contribution in [3.05, 3.63) is 77.9 Å². The molecule has 5 rings (SSSR count). The Hall–Kier alpha value is -3.51. The summed E-state index contributed by atoms with van der Waals surface area (Å²) in [5.41, 5.74) is 6.41. The number of nitrogens with one attached hydrogen (secondary N) is 2. The number of carbonyl (C=O) groups is 1. The van der Waals surface area contributed by atoms with Crippen molar-refractivity contribution in [3.63, 3.8) is 0 Å². The summed E-state index contributed by atoms with van der Waals surface area (Å²) in [5.74, 6) is -0.123. The maximum absolute atomic E-state index is 13.0. The van der Waals surface area contributed by atoms with Crippen LogP contribution < -0.4 is 5.32 Å². The SMILES string of the molecule is O=C(Nc1ccc2n[nH]nc2c1)c1ccc(-c2ccccc2)c(CN2CCCCC2)c1. The number of H-pyrrole nitrogens is 1. The van der Waals surface area contributed by atoms with Gasteiger partial charge in [-0.05, 0) is 73.0 Å². The highest BCUT2D eigenvalue weighted by Gasteiger charge is 2.16. The number of rotatable bonds is 5. The van der Waals surface area contributed by atoms with E-state index in [-0.39, 0.29) is 5.91 Å². The topological polar surface area (TPSA) is 73.9 Å². The molecule has 1 aliphatic rings. The molecule has 2 N–H and O–H groups in total. The molecule has 0 bridgehead atoms. The molecule has 2 heterocycles. The first kappa shape index (κ1) is 19.5. The number of carbonyl (C=O) groups excluding carboxylic acids is 1. The molecule has 0 atom stereocenters. The summed E-state index contributed by atoms with van der Waals surface area (Å²) in [6, 6.07) is 21.9. The molecule has 156 valence electrons. The molecule has 1 amide bonds. The van der Waals surface area contributed by atoms with Crippen molar-refractivity contribution in [2.45, 2.75) is 25.8 Å². The first-order chi connectivity index (χ1) is 15.3. The number of benzene rings is 3. The number of piperidine rings is 1. The summed E-state index contributed by atoms with van der Waals surface area (Å²) in [5, 5.41) is 13.7. The quantitative estimate of drug-likeness (QED) is 0.492. The number of aromatic amines is 1. The average molecular weight is 412 g/mol. The van der Waals surface area contributed by atoms with Crippen LogP contribution in [0.4, 0.5) is 5.69 Å². The fraction of sp³-hybridized carbons (Fsp3) is 0.240. The number of amides is 1. The van der Waals surface area contributed by atoms with Crippen molar-refractivity contribution in [3.8, 4) is 11.1 Å². The van der Waals surface area contributed by atoms with Crippen LogP contribution in [0.3, 0.4) is 0 Å². The summed E-state index contributed by atoms with van der Waals surface area (Å²) < 4.78 is 0. The van der Waals surface area contributed by atoms with Crippen molar-refractivity contribution in [1.82, 2.24) is 20.3 Å². The molecule has 6 nitrogen and oxygen atoms in total. The number of aromatic nitrogens is 3. The molecule has 0 radical (unpaired) electrons. The van der Waals surface area contributed by atoms with Crippen molar-refractivity contribution < 1.29 is 4.79 Å². The van der Waals surface area contributed by atoms with Crippen molar-refractivity contribution >= 4 is 22.6 Å². The fourth-order valence-electron chi connectivity index (χ4n) is 4.24. The summed E-state index contributed by atoms with van der Waals surface area (Å²) >= 11 is 0. The minimum Gasteiger partial charge on any atom is -0.322 e. The van der Waals surface area contributed by atoms with Gasteiger partial charge in [-0.1, -0.05) is 42.8 Å². The fourth-order valence-corrected chi connectivity index (χ4v) is 4.24. The minimum absolute atomic E-state index is 0.123. The molecule has 31 heavy (non-hydrogen) atoms. The van der Waals surface area contributed by atoms with Crippen LogP contribution in [-0.2, 0) is 6.54 Å². The summed E-state index contributed by atoms with van der Waals surface area (Å²) in [6.45, 7) is 3.08. The molecule has 1 aliphatic heterocycles. The second-order valence-corrected chi connectivity index (χ2v) is 8.06. The number of hydrogen-bond acceptors (Lipinski definition) is 4. The lowest BCUT2D eigenvalue weighted by Crippen LogP contribution is -2.29. The van der Waals surface area contributed by atoms with E-state index in [1.54, 1.807) is 0 Å². The van der Waals surface area contributed by atoms with Crippen molar-refractivity contribution in [1.29, 1.82) is 0 Å². The minimum atomic E-state index is -0.123. The van der Waals surface area contributed by atoms with E-state index < -0.39 is 0 Å². The van der Waals surface area contributed by atoms with E-state index in [1.807, 2.05) is 36.4 Å². The molecule has 1 fully saturated rings. The lowest BCUT2D eigenvalue weighted by Gasteiger charge is -2.27. The van der Waals surface area contributed by atoms with Crippen molar-refractivity contribution in [2.24, 2.45) is 0 Å². The summed E-state index contributed by atoms with van der Waals surface area (Å²) in [6.07, 6.45) is 3.79. The average Bonchev–Trinajstić information content (AvgIpc) is 3.28. The van der Waals surface area contributed by atoms with Gasteiger partial charge < -0.3 is 5.32 Å². The van der Waals surface area contributed by atoms with Crippen molar-refractivity contribution in [2.75, 3.05) is 18.4 Å². The van der Waals surface area contributed by atoms with E-state index in [4.69, 9.17) is 0 Å². The van der Waals surface area contributed by atoms with Crippen LogP contribution >= 0.6 is 0 Å². The van der Waals surface area contributed by atoms with Crippen LogP contribution in [0.1, 0.15) is 35.2 Å². The van der Waals surface area contributed by atoms with E-state index in [0.717, 1.165) is 30.7 Å². The number of hydrogen-bond donors (Lipinski definition) is 2. The highest BCUT2D eigenvalue weighted by molar-refractivity contribution is 6.05. The van der Waals surface area contributed by atoms with Crippen LogP contribution in [0.25, 0.3) is 22.2 Å². The van der Waals surface area contributed by atoms with Crippen LogP contribution in [0.2, 0.25) is 0 Å². The Morgan fingerprint density at radius 1 is 0.903 bits per heavy atom. The van der Waals surface area contributed by atoms with Gasteiger partial charge in [0.25, 0.3) is 5.91 Å². The van der Waals surface area contributed by atoms with Gasteiger partial charge >= 0.3 is 0 Å². The third-order valence-corrected chi connectivity index (χ3v) is 5.87. The Kier molecular flexibility index (Phi) is 5.46. The predicted octanol–water partition coefficient (Wildman–Crippen LogP) is 4.86. The zero-order valence-corrected chi connectivity index (χ0v) is 17.3. The Morgan fingerprint density at radius 3 is 2.55 bits per heavy atom. The van der Waals surface area contributed by atoms with Gasteiger partial charge in [-0.2, -0.15) is 15.4 Å². The summed E-state index contributed by atoms with van der Waals surface area (Å²) in [7, 11) is 0. The van der Waals surface area contributed by atoms with Gasteiger partial charge in [-0.3, -0.25) is 9.69 Å². The first-order valence-corrected chi connectivity index (χ1v) is 10.8. The number of likely N-dealkylation sites (tertiary alicyclic amines) is 1. The maximum atomic E-state index is 13.0. The molecular weight excluding hydrogens is 386 g/mol. The predicted molar refractivity (Wildman–Crippen MR) is 123 cm³/mol. The van der Waals surface area contributed by atoms with Crippen LogP contribution in [-0.4, -0.2) is 39.3 Å². The smallest absolute Gasteiger partial charge is 0.255 e. The van der Waals surface area contributed by atoms with Crippen LogP contribution in [0.15, 0.2) is 66.7 Å². The third kappa shape index (κ3) is 4.34. The zero-order valence-electron chi connectivity index (χ0n) is 17.3. The molecule has 6 heteroatoms. The molecule has 0 spiro atoms. The lowest BCUT2D eigenvalue weighted by atomic mass is 9.96. The molecule has 0 saturated carbocycles. The maximum Gasteiger partial charge on any atom is 0.255 e. The van der Waals surface area contributed by atoms with Gasteiger partial charge in [0.15, 0.2) is 0 Å². The Balaban J connectivity index is 1.43. The highest BCUT2D eigenvalue weighted by Crippen LogP contribution is 2.27. The molecule has 4 aromatic rings. The van der Waals surface area contributed by atoms with Crippen LogP contribution in [0.5, 0.6) is 0 Å². The van der Waals surface area contributed by atoms with Gasteiger partial charge in [0, 0.05) is 17.8 Å². The lowest BCUT2D eigenvalue weighted by molar-refractivity contribution is 0.102. The number of nitrogens with zero attached hydrogens (tertiary/aromatic N) is 3. The van der Waals surface area contributed by atoms with E-state index in [1.165, 1.54) is 36.0 Å². The van der Waals surface area contributed by atoms with Gasteiger partial charge in [0.1, 0.15) is 11.0 Å². The molecule has 0 aliphatic carbocycles. The standard InChI is InChI=1S/C25H25N5O/c31-25(26-21-10-12-23-24(16-21)28-29-27-23)19-9-11-22(18-7-3-1-4-8-18)20(15-19)17-30-13-5-2-6-14-30/h1,3-4,7-12,15-16H,2,5-6,13-14,17H2,(H,26,31)(H,27,28,29). The largest absolute Gasteiger partial charge is 0.322 e. The van der Waals surface area contributed by atoms with Gasteiger partial charge in [0.05, 0.1) is 0 Å². The monoisotopic (exact) mass is 411 g/mol. The van der Waals surface area contributed by atoms with Gasteiger partial charge in [-0.15, -0.1) is 0 Å². The number of fused-ring (bicyclic) bond motifs is 1. The van der Waals surface area contributed by atoms with Crippen LogP contribution in [0, 0.1) is 0 Å². The highest BCUT2D eigenvalue weighted by atomic mass is 16.1. The van der Waals surface area contributed by atoms with Gasteiger partial charge in [0.2, 0.25) is 0 Å². The Morgan fingerprint density at radius 2 is 1.71 bits per heavy atom. The first-order valence-electron chi connectivity index (χ1n) is 10.8. The second kappa shape index (κ2) is 8.70. The molecule has 1 saturated heterocycles.